The van der Waals surface area contributed by atoms with Crippen LogP contribution in [0.3, 0.4) is 0 Å². The van der Waals surface area contributed by atoms with Gasteiger partial charge in [-0.05, 0) is 6.42 Å². The van der Waals surface area contributed by atoms with Crippen molar-refractivity contribution in [2.45, 2.75) is 13.3 Å². The molecule has 0 saturated heterocycles. The topological polar surface area (TPSA) is 85.4 Å². The van der Waals surface area contributed by atoms with Gasteiger partial charge in [0.05, 0.1) is 37.3 Å². The van der Waals surface area contributed by atoms with E-state index in [2.05, 4.69) is 27.5 Å². The molecule has 2 aromatic rings. The molecule has 1 aromatic heterocycles. The van der Waals surface area contributed by atoms with Gasteiger partial charge in [0.25, 0.3) is 5.91 Å². The van der Waals surface area contributed by atoms with E-state index < -0.39 is 5.91 Å². The van der Waals surface area contributed by atoms with Crippen molar-refractivity contribution in [3.8, 4) is 11.5 Å². The predicted molar refractivity (Wildman–Crippen MR) is 93.3 cm³/mol. The summed E-state index contributed by atoms with van der Waals surface area (Å²) in [6, 6.07) is 3.16. The first-order valence-electron chi connectivity index (χ1n) is 7.37. The highest BCUT2D eigenvalue weighted by molar-refractivity contribution is 6.32. The number of aromatic nitrogens is 2. The van der Waals surface area contributed by atoms with Gasteiger partial charge in [-0.15, -0.1) is 0 Å². The summed E-state index contributed by atoms with van der Waals surface area (Å²) >= 11 is 6.05. The Hall–Kier alpha value is -2.54. The van der Waals surface area contributed by atoms with Crippen molar-refractivity contribution in [3.05, 3.63) is 35.2 Å². The molecule has 7 nitrogen and oxygen atoms in total. The quantitative estimate of drug-likeness (QED) is 0.797. The van der Waals surface area contributed by atoms with Crippen LogP contribution in [0, 0.1) is 0 Å². The Morgan fingerprint density at radius 2 is 1.92 bits per heavy atom. The molecule has 24 heavy (non-hydrogen) atoms. The number of methoxy groups -OCH3 is 2. The van der Waals surface area contributed by atoms with Crippen LogP contribution in [0.25, 0.3) is 0 Å². The molecular weight excluding hydrogens is 332 g/mol. The van der Waals surface area contributed by atoms with Crippen molar-refractivity contribution in [1.29, 1.82) is 0 Å². The lowest BCUT2D eigenvalue weighted by molar-refractivity contribution is 0.102. The molecule has 0 bridgehead atoms. The van der Waals surface area contributed by atoms with Crippen LogP contribution in [0.1, 0.15) is 23.8 Å². The van der Waals surface area contributed by atoms with Gasteiger partial charge in [0.1, 0.15) is 23.0 Å². The van der Waals surface area contributed by atoms with Gasteiger partial charge < -0.3 is 20.1 Å². The third kappa shape index (κ3) is 4.26. The smallest absolute Gasteiger partial charge is 0.275 e. The van der Waals surface area contributed by atoms with Gasteiger partial charge in [0.2, 0.25) is 0 Å². The molecule has 0 fully saturated rings. The summed E-state index contributed by atoms with van der Waals surface area (Å²) in [5.41, 5.74) is 0.617. The maximum Gasteiger partial charge on any atom is 0.275 e. The second-order valence-corrected chi connectivity index (χ2v) is 5.26. The van der Waals surface area contributed by atoms with Gasteiger partial charge in [-0.3, -0.25) is 4.79 Å². The van der Waals surface area contributed by atoms with E-state index in [1.807, 2.05) is 0 Å². The monoisotopic (exact) mass is 350 g/mol. The summed E-state index contributed by atoms with van der Waals surface area (Å²) in [5, 5.41) is 6.20. The van der Waals surface area contributed by atoms with Gasteiger partial charge in [-0.1, -0.05) is 18.5 Å². The van der Waals surface area contributed by atoms with Crippen molar-refractivity contribution < 1.29 is 14.3 Å². The van der Waals surface area contributed by atoms with Gasteiger partial charge in [0, 0.05) is 18.7 Å². The molecule has 0 atom stereocenters. The highest BCUT2D eigenvalue weighted by Crippen LogP contribution is 2.35. The first-order chi connectivity index (χ1) is 11.6. The van der Waals surface area contributed by atoms with Crippen LogP contribution >= 0.6 is 11.6 Å². The second kappa shape index (κ2) is 8.35. The summed E-state index contributed by atoms with van der Waals surface area (Å²) in [4.78, 5) is 20.6. The number of carbonyl (C=O) groups excluding carboxylic acids is 1. The number of halogens is 1. The van der Waals surface area contributed by atoms with Crippen LogP contribution in [0.4, 0.5) is 11.5 Å². The van der Waals surface area contributed by atoms with Crippen LogP contribution in [-0.2, 0) is 0 Å². The van der Waals surface area contributed by atoms with Crippen molar-refractivity contribution in [2.75, 3.05) is 31.4 Å². The van der Waals surface area contributed by atoms with E-state index in [-0.39, 0.29) is 5.69 Å². The Labute approximate surface area is 145 Å². The van der Waals surface area contributed by atoms with E-state index in [4.69, 9.17) is 21.1 Å². The fraction of sp³-hybridized carbons (Fsp3) is 0.312. The molecule has 0 aliphatic rings. The molecule has 0 radical (unpaired) electrons. The number of nitrogens with one attached hydrogen (secondary N) is 2. The second-order valence-electron chi connectivity index (χ2n) is 4.85. The number of nitrogens with zero attached hydrogens (tertiary/aromatic N) is 2. The molecule has 2 rings (SSSR count). The minimum atomic E-state index is -0.410. The maximum atomic E-state index is 12.3. The fourth-order valence-corrected chi connectivity index (χ4v) is 2.16. The van der Waals surface area contributed by atoms with Crippen LogP contribution in [-0.4, -0.2) is 36.6 Å². The average molecular weight is 351 g/mol. The number of amides is 1. The van der Waals surface area contributed by atoms with Crippen molar-refractivity contribution in [2.24, 2.45) is 0 Å². The lowest BCUT2D eigenvalue weighted by atomic mass is 10.2. The summed E-state index contributed by atoms with van der Waals surface area (Å²) < 4.78 is 10.4. The van der Waals surface area contributed by atoms with E-state index in [9.17, 15) is 4.79 Å². The predicted octanol–water partition coefficient (Wildman–Crippen LogP) is 3.22. The SMILES string of the molecule is CCCNc1cnc(C(=O)Nc2cc(OC)c(Cl)cc2OC)cn1. The number of carbonyl (C=O) groups is 1. The van der Waals surface area contributed by atoms with E-state index in [0.717, 1.165) is 13.0 Å². The zero-order chi connectivity index (χ0) is 17.5. The largest absolute Gasteiger partial charge is 0.495 e. The van der Waals surface area contributed by atoms with E-state index >= 15 is 0 Å². The van der Waals surface area contributed by atoms with Crippen LogP contribution in [0.2, 0.25) is 5.02 Å². The van der Waals surface area contributed by atoms with Gasteiger partial charge in [0.15, 0.2) is 0 Å². The summed E-state index contributed by atoms with van der Waals surface area (Å²) in [5.74, 6) is 1.06. The molecular formula is C16H19ClN4O3. The molecule has 0 saturated carbocycles. The molecule has 1 amide bonds. The Bertz CT molecular complexity index is 707. The Morgan fingerprint density at radius 1 is 1.17 bits per heavy atom. The first-order valence-corrected chi connectivity index (χ1v) is 7.75. The Balaban J connectivity index is 2.17. The van der Waals surface area contributed by atoms with E-state index in [1.165, 1.54) is 26.6 Å². The third-order valence-corrected chi connectivity index (χ3v) is 3.46. The average Bonchev–Trinajstić information content (AvgIpc) is 2.61. The Morgan fingerprint density at radius 3 is 2.50 bits per heavy atom. The number of benzene rings is 1. The van der Waals surface area contributed by atoms with Crippen LogP contribution in [0.5, 0.6) is 11.5 Å². The van der Waals surface area contributed by atoms with Gasteiger partial charge in [-0.2, -0.15) is 0 Å². The summed E-state index contributed by atoms with van der Waals surface area (Å²) in [6.45, 7) is 2.85. The zero-order valence-corrected chi connectivity index (χ0v) is 14.5. The lowest BCUT2D eigenvalue weighted by Gasteiger charge is -2.13. The van der Waals surface area contributed by atoms with Gasteiger partial charge in [-0.25, -0.2) is 9.97 Å². The number of anilines is 2. The van der Waals surface area contributed by atoms with Crippen LogP contribution in [0.15, 0.2) is 24.5 Å². The maximum absolute atomic E-state index is 12.3. The molecule has 0 aliphatic carbocycles. The number of rotatable bonds is 7. The zero-order valence-electron chi connectivity index (χ0n) is 13.7. The Kier molecular flexibility index (Phi) is 6.20. The molecule has 0 aliphatic heterocycles. The molecule has 8 heteroatoms. The summed E-state index contributed by atoms with van der Waals surface area (Å²) in [7, 11) is 2.98. The highest BCUT2D eigenvalue weighted by atomic mass is 35.5. The molecule has 0 spiro atoms. The van der Waals surface area contributed by atoms with Crippen molar-refractivity contribution in [3.63, 3.8) is 0 Å². The molecule has 1 aromatic carbocycles. The number of hydrogen-bond donors (Lipinski definition) is 2. The summed E-state index contributed by atoms with van der Waals surface area (Å²) in [6.07, 6.45) is 3.90. The lowest BCUT2D eigenvalue weighted by Crippen LogP contribution is -2.15. The van der Waals surface area contributed by atoms with E-state index in [1.54, 1.807) is 12.1 Å². The van der Waals surface area contributed by atoms with Crippen molar-refractivity contribution >= 4 is 29.0 Å². The molecule has 2 N–H and O–H groups in total. The number of hydrogen-bond acceptors (Lipinski definition) is 6. The third-order valence-electron chi connectivity index (χ3n) is 3.16. The van der Waals surface area contributed by atoms with Gasteiger partial charge >= 0.3 is 0 Å². The standard InChI is InChI=1S/C16H19ClN4O3/c1-4-5-18-15-9-19-12(8-20-15)16(22)21-11-7-13(23-2)10(17)6-14(11)24-3/h6-9H,4-5H2,1-3H3,(H,18,20)(H,21,22). The molecule has 128 valence electrons. The fourth-order valence-electron chi connectivity index (χ4n) is 1.93. The first kappa shape index (κ1) is 17.8. The molecule has 0 unspecified atom stereocenters. The highest BCUT2D eigenvalue weighted by Gasteiger charge is 2.15. The number of ether oxygens (including phenoxy) is 2. The van der Waals surface area contributed by atoms with Crippen molar-refractivity contribution in [1.82, 2.24) is 9.97 Å². The minimum absolute atomic E-state index is 0.188. The molecule has 1 heterocycles. The normalized spacial score (nSPS) is 10.2. The minimum Gasteiger partial charge on any atom is -0.495 e. The van der Waals surface area contributed by atoms with Crippen LogP contribution < -0.4 is 20.1 Å². The van der Waals surface area contributed by atoms with E-state index in [0.29, 0.717) is 28.0 Å².